The summed E-state index contributed by atoms with van der Waals surface area (Å²) in [5, 5.41) is 3.21. The van der Waals surface area contributed by atoms with Gasteiger partial charge < -0.3 is 19.9 Å². The number of nitrogens with one attached hydrogen (secondary N) is 2. The lowest BCUT2D eigenvalue weighted by Gasteiger charge is -2.27. The summed E-state index contributed by atoms with van der Waals surface area (Å²) in [7, 11) is 0. The third kappa shape index (κ3) is 6.58. The molecule has 0 radical (unpaired) electrons. The first kappa shape index (κ1) is 29.1. The predicted octanol–water partition coefficient (Wildman–Crippen LogP) is 3.93. The van der Waals surface area contributed by atoms with E-state index in [4.69, 9.17) is 4.74 Å². The highest BCUT2D eigenvalue weighted by Crippen LogP contribution is 2.26. The van der Waals surface area contributed by atoms with Crippen molar-refractivity contribution < 1.29 is 14.3 Å². The zero-order valence-corrected chi connectivity index (χ0v) is 24.3. The van der Waals surface area contributed by atoms with Gasteiger partial charge in [0.15, 0.2) is 11.5 Å². The quantitative estimate of drug-likeness (QED) is 0.247. The third-order valence-electron chi connectivity index (χ3n) is 6.55. The maximum atomic E-state index is 13.4. The van der Waals surface area contributed by atoms with Gasteiger partial charge in [-0.3, -0.25) is 9.78 Å². The Labute approximate surface area is 247 Å². The Morgan fingerprint density at radius 1 is 1.02 bits per heavy atom. The largest absolute Gasteiger partial charge is 0.458 e. The van der Waals surface area contributed by atoms with Crippen LogP contribution in [0.4, 0.5) is 11.5 Å². The van der Waals surface area contributed by atoms with Crippen molar-refractivity contribution in [1.29, 1.82) is 0 Å². The average molecular weight is 581 g/mol. The lowest BCUT2D eigenvalue weighted by molar-refractivity contribution is -0.155. The highest BCUT2D eigenvalue weighted by molar-refractivity contribution is 6.07. The molecule has 220 valence electrons. The Hall–Kier alpha value is -5.39. The Balaban J connectivity index is 1.44. The number of ether oxygens (including phenoxy) is 1. The topological polar surface area (TPSA) is 148 Å². The SMILES string of the molecule is CCN(C(=O)c1ccncc1)c1cncnc1N[C@@H](Cc1ccc(-n2c(=O)[nH]c3cccnc32)cc1)C(=O)OC(C)(C)C. The van der Waals surface area contributed by atoms with Crippen LogP contribution in [0.3, 0.4) is 0 Å². The van der Waals surface area contributed by atoms with E-state index in [1.807, 2.05) is 19.1 Å². The van der Waals surface area contributed by atoms with Crippen LogP contribution < -0.4 is 15.9 Å². The van der Waals surface area contributed by atoms with Gasteiger partial charge in [-0.1, -0.05) is 12.1 Å². The number of carbonyl (C=O) groups is 2. The number of esters is 1. The van der Waals surface area contributed by atoms with E-state index in [0.29, 0.717) is 40.5 Å². The van der Waals surface area contributed by atoms with E-state index >= 15 is 0 Å². The molecule has 0 unspecified atom stereocenters. The number of nitrogens with zero attached hydrogens (tertiary/aromatic N) is 6. The molecule has 4 heterocycles. The summed E-state index contributed by atoms with van der Waals surface area (Å²) in [4.78, 5) is 60.6. The summed E-state index contributed by atoms with van der Waals surface area (Å²) < 4.78 is 7.24. The summed E-state index contributed by atoms with van der Waals surface area (Å²) in [6.45, 7) is 7.57. The molecular weight excluding hydrogens is 548 g/mol. The minimum atomic E-state index is -0.856. The number of aromatic amines is 1. The molecule has 12 heteroatoms. The molecule has 1 aromatic carbocycles. The van der Waals surface area contributed by atoms with Gasteiger partial charge in [0, 0.05) is 37.1 Å². The first-order chi connectivity index (χ1) is 20.6. The van der Waals surface area contributed by atoms with Crippen molar-refractivity contribution in [2.75, 3.05) is 16.8 Å². The Kier molecular flexibility index (Phi) is 8.28. The molecule has 4 aromatic heterocycles. The number of imidazole rings is 1. The molecule has 0 aliphatic carbocycles. The number of pyridine rings is 2. The Bertz CT molecular complexity index is 1790. The summed E-state index contributed by atoms with van der Waals surface area (Å²) in [6, 6.07) is 13.2. The Morgan fingerprint density at radius 3 is 2.47 bits per heavy atom. The van der Waals surface area contributed by atoms with Crippen molar-refractivity contribution >= 4 is 34.5 Å². The van der Waals surface area contributed by atoms with E-state index in [-0.39, 0.29) is 18.0 Å². The van der Waals surface area contributed by atoms with Crippen molar-refractivity contribution in [2.24, 2.45) is 0 Å². The molecule has 5 aromatic rings. The van der Waals surface area contributed by atoms with Crippen LogP contribution in [0, 0.1) is 0 Å². The second-order valence-corrected chi connectivity index (χ2v) is 10.8. The van der Waals surface area contributed by atoms with E-state index in [0.717, 1.165) is 5.56 Å². The zero-order chi connectivity index (χ0) is 30.6. The number of H-pyrrole nitrogens is 1. The van der Waals surface area contributed by atoms with Gasteiger partial charge in [0.1, 0.15) is 23.7 Å². The number of rotatable bonds is 9. The van der Waals surface area contributed by atoms with Crippen LogP contribution in [0.1, 0.15) is 43.6 Å². The lowest BCUT2D eigenvalue weighted by atomic mass is 10.0. The van der Waals surface area contributed by atoms with Gasteiger partial charge in [-0.05, 0) is 69.7 Å². The van der Waals surface area contributed by atoms with Crippen LogP contribution in [-0.2, 0) is 16.0 Å². The minimum Gasteiger partial charge on any atom is -0.458 e. The highest BCUT2D eigenvalue weighted by Gasteiger charge is 2.28. The second-order valence-electron chi connectivity index (χ2n) is 10.8. The fourth-order valence-electron chi connectivity index (χ4n) is 4.63. The lowest BCUT2D eigenvalue weighted by Crippen LogP contribution is -2.39. The number of hydrogen-bond donors (Lipinski definition) is 2. The molecule has 43 heavy (non-hydrogen) atoms. The molecule has 0 saturated carbocycles. The molecule has 0 fully saturated rings. The van der Waals surface area contributed by atoms with E-state index in [2.05, 4.69) is 30.2 Å². The summed E-state index contributed by atoms with van der Waals surface area (Å²) in [5.41, 5.74) is 2.44. The molecule has 0 spiro atoms. The van der Waals surface area contributed by atoms with Crippen molar-refractivity contribution in [3.05, 3.63) is 101 Å². The Morgan fingerprint density at radius 2 is 1.77 bits per heavy atom. The van der Waals surface area contributed by atoms with Crippen molar-refractivity contribution in [1.82, 2.24) is 29.5 Å². The van der Waals surface area contributed by atoms with E-state index in [9.17, 15) is 14.4 Å². The van der Waals surface area contributed by atoms with Gasteiger partial charge in [-0.15, -0.1) is 0 Å². The minimum absolute atomic E-state index is 0.240. The molecular formula is C31H32N8O4. The fraction of sp³-hybridized carbons (Fsp3) is 0.258. The van der Waals surface area contributed by atoms with E-state index in [1.54, 1.807) is 75.8 Å². The normalized spacial score (nSPS) is 12.1. The molecule has 1 atom stereocenters. The number of carbonyl (C=O) groups excluding carboxylic acids is 2. The van der Waals surface area contributed by atoms with E-state index in [1.165, 1.54) is 22.0 Å². The molecule has 0 aliphatic heterocycles. The first-order valence-electron chi connectivity index (χ1n) is 13.8. The number of aromatic nitrogens is 6. The molecule has 12 nitrogen and oxygen atoms in total. The maximum Gasteiger partial charge on any atom is 0.332 e. The maximum absolute atomic E-state index is 13.4. The first-order valence-corrected chi connectivity index (χ1v) is 13.8. The van der Waals surface area contributed by atoms with Crippen molar-refractivity contribution in [2.45, 2.75) is 45.8 Å². The average Bonchev–Trinajstić information content (AvgIpc) is 3.33. The van der Waals surface area contributed by atoms with Crippen molar-refractivity contribution in [3.63, 3.8) is 0 Å². The molecule has 5 rings (SSSR count). The smallest absolute Gasteiger partial charge is 0.332 e. The number of fused-ring (bicyclic) bond motifs is 1. The zero-order valence-electron chi connectivity index (χ0n) is 24.3. The molecule has 0 saturated heterocycles. The number of amides is 1. The summed E-state index contributed by atoms with van der Waals surface area (Å²) in [5.74, 6) is -0.431. The van der Waals surface area contributed by atoms with Gasteiger partial charge in [0.2, 0.25) is 0 Å². The van der Waals surface area contributed by atoms with E-state index < -0.39 is 17.6 Å². The number of hydrogen-bond acceptors (Lipinski definition) is 9. The molecule has 2 N–H and O–H groups in total. The monoisotopic (exact) mass is 580 g/mol. The second kappa shape index (κ2) is 12.2. The molecule has 1 amide bonds. The molecule has 0 aliphatic rings. The van der Waals surface area contributed by atoms with Crippen LogP contribution in [0.2, 0.25) is 0 Å². The molecule has 0 bridgehead atoms. The van der Waals surface area contributed by atoms with Crippen LogP contribution in [-0.4, -0.2) is 59.6 Å². The van der Waals surface area contributed by atoms with Gasteiger partial charge in [0.05, 0.1) is 17.4 Å². The standard InChI is InChI=1S/C31H32N8O4/c1-5-38(28(40)21-12-15-32-16-13-21)25-18-33-19-35-26(25)36-24(29(41)43-31(2,3)4)17-20-8-10-22(11-9-20)39-27-23(37-30(39)42)7-6-14-34-27/h6-16,18-19,24H,5,17H2,1-4H3,(H,37,42)(H,33,35,36)/t24-/m0/s1. The fourth-order valence-corrected chi connectivity index (χ4v) is 4.63. The number of benzene rings is 1. The van der Waals surface area contributed by atoms with Crippen LogP contribution in [0.15, 0.2) is 84.4 Å². The van der Waals surface area contributed by atoms with Gasteiger partial charge in [-0.2, -0.15) is 0 Å². The van der Waals surface area contributed by atoms with Gasteiger partial charge in [-0.25, -0.2) is 29.1 Å². The van der Waals surface area contributed by atoms with Gasteiger partial charge >= 0.3 is 11.7 Å². The van der Waals surface area contributed by atoms with Gasteiger partial charge in [0.25, 0.3) is 5.91 Å². The summed E-state index contributed by atoms with van der Waals surface area (Å²) in [6.07, 6.45) is 7.86. The van der Waals surface area contributed by atoms with Crippen LogP contribution in [0.5, 0.6) is 0 Å². The highest BCUT2D eigenvalue weighted by atomic mass is 16.6. The van der Waals surface area contributed by atoms with Crippen LogP contribution >= 0.6 is 0 Å². The third-order valence-corrected chi connectivity index (χ3v) is 6.55. The van der Waals surface area contributed by atoms with Crippen molar-refractivity contribution in [3.8, 4) is 5.69 Å². The number of anilines is 2. The summed E-state index contributed by atoms with van der Waals surface area (Å²) >= 11 is 0. The van der Waals surface area contributed by atoms with Crippen LogP contribution in [0.25, 0.3) is 16.9 Å². The predicted molar refractivity (Wildman–Crippen MR) is 162 cm³/mol.